The van der Waals surface area contributed by atoms with Crippen LogP contribution in [0.2, 0.25) is 20.1 Å². The van der Waals surface area contributed by atoms with Gasteiger partial charge in [0.1, 0.15) is 6.61 Å². The Morgan fingerprint density at radius 3 is 2.37 bits per heavy atom. The molecule has 0 aromatic heterocycles. The van der Waals surface area contributed by atoms with E-state index in [2.05, 4.69) is 21.2 Å². The van der Waals surface area contributed by atoms with Gasteiger partial charge in [-0.25, -0.2) is 0 Å². The van der Waals surface area contributed by atoms with E-state index in [9.17, 15) is 0 Å². The maximum atomic E-state index is 6.52. The molecule has 3 rings (SSSR count). The molecule has 0 heterocycles. The fourth-order valence-corrected chi connectivity index (χ4v) is 3.90. The van der Waals surface area contributed by atoms with Gasteiger partial charge in [-0.15, -0.1) is 0 Å². The summed E-state index contributed by atoms with van der Waals surface area (Å²) in [6.45, 7) is 3.17. The summed E-state index contributed by atoms with van der Waals surface area (Å²) in [6.07, 6.45) is 0. The second-order valence-electron chi connectivity index (χ2n) is 6.34. The van der Waals surface area contributed by atoms with Crippen molar-refractivity contribution in [3.8, 4) is 11.5 Å². The average molecular weight is 550 g/mol. The van der Waals surface area contributed by atoms with Crippen LogP contribution in [0, 0.1) is 0 Å². The molecular formula is C22H18BrCl4NO2. The van der Waals surface area contributed by atoms with Gasteiger partial charge in [0.25, 0.3) is 0 Å². The predicted molar refractivity (Wildman–Crippen MR) is 130 cm³/mol. The van der Waals surface area contributed by atoms with E-state index in [1.54, 1.807) is 12.1 Å². The minimum Gasteiger partial charge on any atom is -0.490 e. The molecule has 3 aromatic rings. The van der Waals surface area contributed by atoms with Gasteiger partial charge in [-0.3, -0.25) is 0 Å². The maximum absolute atomic E-state index is 6.52. The molecule has 0 aliphatic rings. The molecule has 0 saturated carbocycles. The number of benzene rings is 3. The molecule has 0 fully saturated rings. The van der Waals surface area contributed by atoms with Crippen molar-refractivity contribution in [1.29, 1.82) is 0 Å². The van der Waals surface area contributed by atoms with Crippen LogP contribution in [0.4, 0.5) is 5.69 Å². The lowest BCUT2D eigenvalue weighted by Gasteiger charge is -2.16. The molecule has 0 aliphatic carbocycles. The first-order valence-corrected chi connectivity index (χ1v) is 11.4. The van der Waals surface area contributed by atoms with Crippen LogP contribution in [0.5, 0.6) is 11.5 Å². The fourth-order valence-electron chi connectivity index (χ4n) is 2.73. The number of anilines is 1. The lowest BCUT2D eigenvalue weighted by atomic mass is 10.2. The Morgan fingerprint density at radius 2 is 1.67 bits per heavy atom. The third-order valence-electron chi connectivity index (χ3n) is 4.17. The molecule has 30 heavy (non-hydrogen) atoms. The molecule has 3 aromatic carbocycles. The molecule has 0 saturated heterocycles. The summed E-state index contributed by atoms with van der Waals surface area (Å²) in [4.78, 5) is 0. The third kappa shape index (κ3) is 6.12. The molecule has 0 radical (unpaired) electrons. The molecule has 0 unspecified atom stereocenters. The molecule has 0 atom stereocenters. The van der Waals surface area contributed by atoms with Crippen molar-refractivity contribution >= 4 is 68.0 Å². The van der Waals surface area contributed by atoms with Crippen molar-refractivity contribution < 1.29 is 9.47 Å². The first kappa shape index (κ1) is 23.4. The average Bonchev–Trinajstić information content (AvgIpc) is 2.70. The van der Waals surface area contributed by atoms with Gasteiger partial charge < -0.3 is 14.8 Å². The Kier molecular flexibility index (Phi) is 8.44. The first-order valence-electron chi connectivity index (χ1n) is 9.08. The summed E-state index contributed by atoms with van der Waals surface area (Å²) >= 11 is 28.2. The molecule has 3 nitrogen and oxygen atoms in total. The molecule has 0 spiro atoms. The standard InChI is InChI=1S/C22H18BrCl4NO2/c1-2-29-21-8-13(11-28-16-5-6-17(23)19(26)10-16)7-20(27)22(21)30-12-14-3-4-15(24)9-18(14)25/h3-10,28H,2,11-12H2,1H3. The lowest BCUT2D eigenvalue weighted by Crippen LogP contribution is -2.04. The van der Waals surface area contributed by atoms with Crippen molar-refractivity contribution in [1.82, 2.24) is 0 Å². The zero-order valence-corrected chi connectivity index (χ0v) is 20.6. The van der Waals surface area contributed by atoms with Gasteiger partial charge in [-0.05, 0) is 70.9 Å². The summed E-state index contributed by atoms with van der Waals surface area (Å²) in [6, 6.07) is 14.7. The highest BCUT2D eigenvalue weighted by atomic mass is 79.9. The van der Waals surface area contributed by atoms with E-state index < -0.39 is 0 Å². The largest absolute Gasteiger partial charge is 0.490 e. The first-order chi connectivity index (χ1) is 14.4. The quantitative estimate of drug-likeness (QED) is 0.305. The predicted octanol–water partition coefficient (Wildman–Crippen LogP) is 8.65. The summed E-state index contributed by atoms with van der Waals surface area (Å²) in [5.74, 6) is 1.04. The zero-order chi connectivity index (χ0) is 21.7. The van der Waals surface area contributed by atoms with E-state index in [-0.39, 0.29) is 6.61 Å². The fraction of sp³-hybridized carbons (Fsp3) is 0.182. The van der Waals surface area contributed by atoms with Gasteiger partial charge in [0.05, 0.1) is 16.7 Å². The maximum Gasteiger partial charge on any atom is 0.180 e. The molecule has 0 bridgehead atoms. The van der Waals surface area contributed by atoms with Crippen LogP contribution in [0.3, 0.4) is 0 Å². The molecule has 0 amide bonds. The van der Waals surface area contributed by atoms with Gasteiger partial charge in [0.2, 0.25) is 0 Å². The zero-order valence-electron chi connectivity index (χ0n) is 15.9. The monoisotopic (exact) mass is 547 g/mol. The number of hydrogen-bond acceptors (Lipinski definition) is 3. The molecular weight excluding hydrogens is 532 g/mol. The van der Waals surface area contributed by atoms with Crippen LogP contribution >= 0.6 is 62.3 Å². The SMILES string of the molecule is CCOc1cc(CNc2ccc(Br)c(Cl)c2)cc(Cl)c1OCc1ccc(Cl)cc1Cl. The van der Waals surface area contributed by atoms with E-state index in [4.69, 9.17) is 55.9 Å². The van der Waals surface area contributed by atoms with E-state index in [0.29, 0.717) is 44.7 Å². The van der Waals surface area contributed by atoms with Crippen LogP contribution in [0.25, 0.3) is 0 Å². The Bertz CT molecular complexity index is 1050. The van der Waals surface area contributed by atoms with Gasteiger partial charge in [-0.1, -0.05) is 52.5 Å². The Labute approximate surface area is 204 Å². The number of halogens is 5. The highest BCUT2D eigenvalue weighted by molar-refractivity contribution is 9.10. The second-order valence-corrected chi connectivity index (χ2v) is 8.86. The molecule has 1 N–H and O–H groups in total. The normalized spacial score (nSPS) is 10.7. The summed E-state index contributed by atoms with van der Waals surface area (Å²) < 4.78 is 12.6. The van der Waals surface area contributed by atoms with Crippen molar-refractivity contribution in [2.75, 3.05) is 11.9 Å². The van der Waals surface area contributed by atoms with Gasteiger partial charge in [0.15, 0.2) is 11.5 Å². The summed E-state index contributed by atoms with van der Waals surface area (Å²) in [7, 11) is 0. The van der Waals surface area contributed by atoms with E-state index in [1.165, 1.54) is 0 Å². The van der Waals surface area contributed by atoms with E-state index in [1.807, 2.05) is 43.3 Å². The van der Waals surface area contributed by atoms with E-state index >= 15 is 0 Å². The van der Waals surface area contributed by atoms with Gasteiger partial charge in [-0.2, -0.15) is 0 Å². The Morgan fingerprint density at radius 1 is 0.867 bits per heavy atom. The highest BCUT2D eigenvalue weighted by Gasteiger charge is 2.14. The summed E-state index contributed by atoms with van der Waals surface area (Å²) in [5.41, 5.74) is 2.65. The minimum absolute atomic E-state index is 0.241. The number of rotatable bonds is 8. The van der Waals surface area contributed by atoms with Crippen LogP contribution < -0.4 is 14.8 Å². The third-order valence-corrected chi connectivity index (χ3v) is 6.27. The topological polar surface area (TPSA) is 30.5 Å². The van der Waals surface area contributed by atoms with Gasteiger partial charge >= 0.3 is 0 Å². The number of hydrogen-bond donors (Lipinski definition) is 1. The van der Waals surface area contributed by atoms with Crippen molar-refractivity contribution in [3.05, 3.63) is 84.2 Å². The number of ether oxygens (including phenoxy) is 2. The summed E-state index contributed by atoms with van der Waals surface area (Å²) in [5, 5.41) is 5.52. The second kappa shape index (κ2) is 10.8. The molecule has 0 aliphatic heterocycles. The van der Waals surface area contributed by atoms with Crippen molar-refractivity contribution in [2.24, 2.45) is 0 Å². The molecule has 158 valence electrons. The van der Waals surface area contributed by atoms with Crippen molar-refractivity contribution in [2.45, 2.75) is 20.1 Å². The van der Waals surface area contributed by atoms with Crippen LogP contribution in [0.1, 0.15) is 18.1 Å². The van der Waals surface area contributed by atoms with Gasteiger partial charge in [0, 0.05) is 32.3 Å². The Balaban J connectivity index is 1.76. The molecule has 8 heteroatoms. The van der Waals surface area contributed by atoms with Crippen LogP contribution in [0.15, 0.2) is 53.0 Å². The van der Waals surface area contributed by atoms with Crippen molar-refractivity contribution in [3.63, 3.8) is 0 Å². The highest BCUT2D eigenvalue weighted by Crippen LogP contribution is 2.38. The number of nitrogens with one attached hydrogen (secondary N) is 1. The lowest BCUT2D eigenvalue weighted by molar-refractivity contribution is 0.269. The Hall–Kier alpha value is -1.30. The smallest absolute Gasteiger partial charge is 0.180 e. The van der Waals surface area contributed by atoms with E-state index in [0.717, 1.165) is 21.3 Å². The minimum atomic E-state index is 0.241. The van der Waals surface area contributed by atoms with Crippen LogP contribution in [-0.4, -0.2) is 6.61 Å². The van der Waals surface area contributed by atoms with Crippen LogP contribution in [-0.2, 0) is 13.2 Å².